The summed E-state index contributed by atoms with van der Waals surface area (Å²) in [7, 11) is 1.34. The van der Waals surface area contributed by atoms with Gasteiger partial charge in [-0.15, -0.1) is 0 Å². The number of nitro groups is 1. The fraction of sp³-hybridized carbons (Fsp3) is 0.0667. The van der Waals surface area contributed by atoms with E-state index >= 15 is 0 Å². The van der Waals surface area contributed by atoms with Crippen molar-refractivity contribution in [3.63, 3.8) is 0 Å². The van der Waals surface area contributed by atoms with E-state index in [0.29, 0.717) is 5.56 Å². The summed E-state index contributed by atoms with van der Waals surface area (Å²) in [5.41, 5.74) is 1.10. The smallest absolute Gasteiger partial charge is 0.363 e. The Morgan fingerprint density at radius 1 is 1.39 bits per heavy atom. The minimum Gasteiger partial charge on any atom is -0.490 e. The summed E-state index contributed by atoms with van der Waals surface area (Å²) in [5, 5.41) is 14.8. The van der Waals surface area contributed by atoms with Gasteiger partial charge in [-0.05, 0) is 40.6 Å². The van der Waals surface area contributed by atoms with Crippen LogP contribution < -0.4 is 4.74 Å². The number of methoxy groups -OCH3 is 1. The first-order chi connectivity index (χ1) is 11.1. The van der Waals surface area contributed by atoms with Crippen molar-refractivity contribution in [2.24, 2.45) is 4.99 Å². The van der Waals surface area contributed by atoms with Crippen molar-refractivity contribution < 1.29 is 19.2 Å². The van der Waals surface area contributed by atoms with E-state index in [0.717, 1.165) is 5.56 Å². The third-order valence-electron chi connectivity index (χ3n) is 3.09. The number of hydrogen-bond acceptors (Lipinski definition) is 7. The number of carbonyl (C=O) groups is 1. The van der Waals surface area contributed by atoms with Crippen LogP contribution in [0.4, 0.5) is 5.69 Å². The van der Waals surface area contributed by atoms with Crippen molar-refractivity contribution in [1.29, 1.82) is 0 Å². The fourth-order valence-electron chi connectivity index (χ4n) is 2.01. The molecule has 2 heterocycles. The molecule has 1 aromatic heterocycles. The van der Waals surface area contributed by atoms with Crippen LogP contribution >= 0.6 is 11.3 Å². The summed E-state index contributed by atoms with van der Waals surface area (Å²) >= 11 is 1.50. The van der Waals surface area contributed by atoms with E-state index in [9.17, 15) is 14.9 Å². The van der Waals surface area contributed by atoms with Gasteiger partial charge in [0.15, 0.2) is 11.4 Å². The molecule has 0 fully saturated rings. The molecule has 116 valence electrons. The summed E-state index contributed by atoms with van der Waals surface area (Å²) < 4.78 is 10.0. The highest BCUT2D eigenvalue weighted by molar-refractivity contribution is 7.08. The SMILES string of the molecule is COc1ccc(C2=NC(=Cc3ccsc3)C(=O)O2)cc1[N+](=O)[O-]. The predicted octanol–water partition coefficient (Wildman–Crippen LogP) is 3.01. The number of esters is 1. The van der Waals surface area contributed by atoms with Crippen LogP contribution in [0, 0.1) is 10.1 Å². The molecule has 2 aromatic rings. The van der Waals surface area contributed by atoms with Gasteiger partial charge >= 0.3 is 11.7 Å². The van der Waals surface area contributed by atoms with E-state index in [1.54, 1.807) is 12.1 Å². The number of ether oxygens (including phenoxy) is 2. The predicted molar refractivity (Wildman–Crippen MR) is 84.6 cm³/mol. The summed E-state index contributed by atoms with van der Waals surface area (Å²) in [6.45, 7) is 0. The molecule has 0 aliphatic carbocycles. The molecule has 0 amide bonds. The van der Waals surface area contributed by atoms with Gasteiger partial charge < -0.3 is 9.47 Å². The maximum atomic E-state index is 11.9. The zero-order valence-electron chi connectivity index (χ0n) is 11.9. The van der Waals surface area contributed by atoms with Crippen LogP contribution in [0.2, 0.25) is 0 Å². The number of benzene rings is 1. The average Bonchev–Trinajstić information content (AvgIpc) is 3.17. The van der Waals surface area contributed by atoms with Gasteiger partial charge in [0, 0.05) is 11.6 Å². The molecule has 0 bridgehead atoms. The molecular formula is C15H10N2O5S. The number of carbonyl (C=O) groups excluding carboxylic acids is 1. The van der Waals surface area contributed by atoms with Crippen molar-refractivity contribution in [2.75, 3.05) is 7.11 Å². The molecule has 23 heavy (non-hydrogen) atoms. The Hall–Kier alpha value is -3.00. The summed E-state index contributed by atoms with van der Waals surface area (Å²) in [4.78, 5) is 26.5. The Bertz CT molecular complexity index is 840. The normalized spacial score (nSPS) is 15.4. The monoisotopic (exact) mass is 330 g/mol. The third-order valence-corrected chi connectivity index (χ3v) is 3.79. The van der Waals surface area contributed by atoms with E-state index in [-0.39, 0.29) is 23.0 Å². The van der Waals surface area contributed by atoms with Gasteiger partial charge in [0.2, 0.25) is 5.90 Å². The Morgan fingerprint density at radius 3 is 2.87 bits per heavy atom. The minimum absolute atomic E-state index is 0.0298. The molecule has 8 heteroatoms. The standard InChI is InChI=1S/C15H10N2O5S/c1-21-13-3-2-10(7-12(13)17(19)20)14-16-11(15(18)22-14)6-9-4-5-23-8-9/h2-8H,1H3. The quantitative estimate of drug-likeness (QED) is 0.372. The van der Waals surface area contributed by atoms with E-state index in [2.05, 4.69) is 4.99 Å². The second kappa shape index (κ2) is 6.01. The van der Waals surface area contributed by atoms with Gasteiger partial charge in [-0.25, -0.2) is 9.79 Å². The zero-order valence-corrected chi connectivity index (χ0v) is 12.7. The highest BCUT2D eigenvalue weighted by atomic mass is 32.1. The van der Waals surface area contributed by atoms with Gasteiger partial charge in [-0.3, -0.25) is 10.1 Å². The summed E-state index contributed by atoms with van der Waals surface area (Å²) in [6, 6.07) is 6.09. The lowest BCUT2D eigenvalue weighted by Gasteiger charge is -2.03. The van der Waals surface area contributed by atoms with Gasteiger partial charge in [0.05, 0.1) is 12.0 Å². The molecule has 7 nitrogen and oxygen atoms in total. The first kappa shape index (κ1) is 14.9. The highest BCUT2D eigenvalue weighted by Crippen LogP contribution is 2.29. The van der Waals surface area contributed by atoms with Crippen LogP contribution in [0.1, 0.15) is 11.1 Å². The zero-order chi connectivity index (χ0) is 16.4. The minimum atomic E-state index is -0.593. The highest BCUT2D eigenvalue weighted by Gasteiger charge is 2.26. The van der Waals surface area contributed by atoms with Gasteiger partial charge in [0.1, 0.15) is 0 Å². The number of aliphatic imine (C=N–C) groups is 1. The number of rotatable bonds is 4. The van der Waals surface area contributed by atoms with Gasteiger partial charge in [-0.2, -0.15) is 11.3 Å². The van der Waals surface area contributed by atoms with E-state index in [1.807, 2.05) is 16.8 Å². The number of thiophene rings is 1. The molecule has 0 N–H and O–H groups in total. The number of hydrogen-bond donors (Lipinski definition) is 0. The third kappa shape index (κ3) is 2.97. The second-order valence-corrected chi connectivity index (χ2v) is 5.32. The van der Waals surface area contributed by atoms with Crippen LogP contribution in [-0.2, 0) is 9.53 Å². The average molecular weight is 330 g/mol. The summed E-state index contributed by atoms with van der Waals surface area (Å²) in [5.74, 6) is -0.440. The Morgan fingerprint density at radius 2 is 2.22 bits per heavy atom. The molecular weight excluding hydrogens is 320 g/mol. The van der Waals surface area contributed by atoms with Gasteiger partial charge in [-0.1, -0.05) is 0 Å². The second-order valence-electron chi connectivity index (χ2n) is 4.54. The van der Waals surface area contributed by atoms with Crippen LogP contribution in [-0.4, -0.2) is 23.9 Å². The molecule has 1 aromatic carbocycles. The molecule has 0 radical (unpaired) electrons. The Kier molecular flexibility index (Phi) is 3.90. The van der Waals surface area contributed by atoms with Crippen molar-refractivity contribution in [1.82, 2.24) is 0 Å². The van der Waals surface area contributed by atoms with Crippen molar-refractivity contribution in [3.8, 4) is 5.75 Å². The molecule has 1 aliphatic rings. The fourth-order valence-corrected chi connectivity index (χ4v) is 2.63. The number of nitro benzene ring substituents is 1. The number of nitrogens with zero attached hydrogens (tertiary/aromatic N) is 2. The van der Waals surface area contributed by atoms with Crippen LogP contribution in [0.3, 0.4) is 0 Å². The van der Waals surface area contributed by atoms with E-state index < -0.39 is 10.9 Å². The maximum absolute atomic E-state index is 11.9. The first-order valence-electron chi connectivity index (χ1n) is 6.46. The number of cyclic esters (lactones) is 1. The van der Waals surface area contributed by atoms with Crippen molar-refractivity contribution >= 4 is 35.0 Å². The molecule has 0 unspecified atom stereocenters. The lowest BCUT2D eigenvalue weighted by Crippen LogP contribution is -2.06. The molecule has 0 saturated carbocycles. The summed E-state index contributed by atoms with van der Waals surface area (Å²) in [6.07, 6.45) is 1.60. The lowest BCUT2D eigenvalue weighted by molar-refractivity contribution is -0.385. The molecule has 0 atom stereocenters. The van der Waals surface area contributed by atoms with Crippen molar-refractivity contribution in [3.05, 3.63) is 62.0 Å². The molecule has 1 aliphatic heterocycles. The van der Waals surface area contributed by atoms with E-state index in [4.69, 9.17) is 9.47 Å². The largest absolute Gasteiger partial charge is 0.490 e. The molecule has 0 spiro atoms. The topological polar surface area (TPSA) is 91.0 Å². The van der Waals surface area contributed by atoms with Crippen LogP contribution in [0.5, 0.6) is 5.75 Å². The van der Waals surface area contributed by atoms with Crippen LogP contribution in [0.25, 0.3) is 6.08 Å². The van der Waals surface area contributed by atoms with Crippen LogP contribution in [0.15, 0.2) is 45.7 Å². The Labute approximate surface area is 134 Å². The first-order valence-corrected chi connectivity index (χ1v) is 7.40. The molecule has 0 saturated heterocycles. The Balaban J connectivity index is 1.98. The van der Waals surface area contributed by atoms with Crippen molar-refractivity contribution in [2.45, 2.75) is 0 Å². The molecule has 3 rings (SSSR count). The lowest BCUT2D eigenvalue weighted by atomic mass is 10.2. The van der Waals surface area contributed by atoms with Gasteiger partial charge in [0.25, 0.3) is 0 Å². The van der Waals surface area contributed by atoms with E-state index in [1.165, 1.54) is 30.6 Å². The maximum Gasteiger partial charge on any atom is 0.363 e.